The van der Waals surface area contributed by atoms with Gasteiger partial charge in [-0.15, -0.1) is 0 Å². The monoisotopic (exact) mass is 305 g/mol. The van der Waals surface area contributed by atoms with Crippen molar-refractivity contribution in [3.63, 3.8) is 0 Å². The second-order valence-corrected chi connectivity index (χ2v) is 7.08. The molecule has 122 valence electrons. The molecular formula is C17H27N3O2. The molecule has 0 radical (unpaired) electrons. The standard InChI is InChI=1S/C17H27N3O2/c1-12-10-19(15-8-6-14(18)7-9-15)11-13(2)20(12)16(21)22-17(3,4)5/h6-9,12-13H,10-11,18H2,1-5H3. The lowest BCUT2D eigenvalue weighted by Crippen LogP contribution is -2.59. The third kappa shape index (κ3) is 3.84. The zero-order chi connectivity index (χ0) is 16.5. The van der Waals surface area contributed by atoms with Gasteiger partial charge in [0, 0.05) is 24.5 Å². The van der Waals surface area contributed by atoms with E-state index in [2.05, 4.69) is 18.7 Å². The molecule has 5 nitrogen and oxygen atoms in total. The number of nitrogens with two attached hydrogens (primary N) is 1. The lowest BCUT2D eigenvalue weighted by molar-refractivity contribution is 0.00566. The molecule has 1 aliphatic heterocycles. The van der Waals surface area contributed by atoms with Crippen LogP contribution in [-0.4, -0.2) is 41.8 Å². The lowest BCUT2D eigenvalue weighted by atomic mass is 10.1. The van der Waals surface area contributed by atoms with Gasteiger partial charge in [0.05, 0.1) is 12.1 Å². The van der Waals surface area contributed by atoms with Crippen LogP contribution in [0.25, 0.3) is 0 Å². The Morgan fingerprint density at radius 1 is 1.14 bits per heavy atom. The Bertz CT molecular complexity index is 510. The van der Waals surface area contributed by atoms with E-state index >= 15 is 0 Å². The number of hydrogen-bond acceptors (Lipinski definition) is 4. The fraction of sp³-hybridized carbons (Fsp3) is 0.588. The molecule has 1 fully saturated rings. The first-order chi connectivity index (χ1) is 10.2. The van der Waals surface area contributed by atoms with Crippen molar-refractivity contribution in [1.29, 1.82) is 0 Å². The first-order valence-electron chi connectivity index (χ1n) is 7.79. The molecule has 22 heavy (non-hydrogen) atoms. The average Bonchev–Trinajstić information content (AvgIpc) is 2.36. The Hall–Kier alpha value is -1.91. The molecule has 1 aliphatic rings. The number of hydrogen-bond donors (Lipinski definition) is 1. The van der Waals surface area contributed by atoms with E-state index < -0.39 is 5.60 Å². The van der Waals surface area contributed by atoms with Gasteiger partial charge < -0.3 is 15.4 Å². The van der Waals surface area contributed by atoms with Crippen molar-refractivity contribution in [3.8, 4) is 0 Å². The number of carbonyl (C=O) groups is 1. The smallest absolute Gasteiger partial charge is 0.410 e. The van der Waals surface area contributed by atoms with E-state index in [1.165, 1.54) is 0 Å². The van der Waals surface area contributed by atoms with Crippen LogP contribution in [0.2, 0.25) is 0 Å². The van der Waals surface area contributed by atoms with Crippen molar-refractivity contribution in [1.82, 2.24) is 4.90 Å². The van der Waals surface area contributed by atoms with E-state index in [1.54, 1.807) is 0 Å². The quantitative estimate of drug-likeness (QED) is 0.810. The highest BCUT2D eigenvalue weighted by molar-refractivity contribution is 5.69. The third-order valence-electron chi connectivity index (χ3n) is 3.78. The summed E-state index contributed by atoms with van der Waals surface area (Å²) in [7, 11) is 0. The van der Waals surface area contributed by atoms with Crippen LogP contribution in [0.3, 0.4) is 0 Å². The average molecular weight is 305 g/mol. The largest absolute Gasteiger partial charge is 0.444 e. The van der Waals surface area contributed by atoms with Crippen molar-refractivity contribution in [2.75, 3.05) is 23.7 Å². The van der Waals surface area contributed by atoms with Gasteiger partial charge in [0.2, 0.25) is 0 Å². The summed E-state index contributed by atoms with van der Waals surface area (Å²) >= 11 is 0. The molecule has 0 saturated carbocycles. The van der Waals surface area contributed by atoms with E-state index in [0.717, 1.165) is 24.5 Å². The van der Waals surface area contributed by atoms with Gasteiger partial charge in [-0.1, -0.05) is 0 Å². The van der Waals surface area contributed by atoms with Gasteiger partial charge >= 0.3 is 6.09 Å². The fourth-order valence-corrected chi connectivity index (χ4v) is 2.89. The summed E-state index contributed by atoms with van der Waals surface area (Å²) < 4.78 is 5.53. The second kappa shape index (κ2) is 6.07. The van der Waals surface area contributed by atoms with Crippen molar-refractivity contribution < 1.29 is 9.53 Å². The molecule has 2 N–H and O–H groups in total. The number of piperazine rings is 1. The minimum atomic E-state index is -0.468. The number of nitrogens with zero attached hydrogens (tertiary/aromatic N) is 2. The predicted molar refractivity (Wildman–Crippen MR) is 90.1 cm³/mol. The van der Waals surface area contributed by atoms with E-state index in [0.29, 0.717) is 0 Å². The highest BCUT2D eigenvalue weighted by Crippen LogP contribution is 2.25. The zero-order valence-corrected chi connectivity index (χ0v) is 14.2. The van der Waals surface area contributed by atoms with Crippen molar-refractivity contribution in [2.45, 2.75) is 52.3 Å². The molecule has 0 bridgehead atoms. The maximum Gasteiger partial charge on any atom is 0.410 e. The van der Waals surface area contributed by atoms with Crippen molar-refractivity contribution in [2.24, 2.45) is 0 Å². The summed E-state index contributed by atoms with van der Waals surface area (Å²) in [6.07, 6.45) is -0.232. The Labute approximate surface area is 133 Å². The Morgan fingerprint density at radius 3 is 2.09 bits per heavy atom. The molecule has 2 rings (SSSR count). The molecule has 2 unspecified atom stereocenters. The number of rotatable bonds is 1. The Kier molecular flexibility index (Phi) is 4.54. The molecule has 1 aromatic rings. The Balaban J connectivity index is 2.08. The van der Waals surface area contributed by atoms with Crippen LogP contribution in [0.15, 0.2) is 24.3 Å². The first-order valence-corrected chi connectivity index (χ1v) is 7.79. The molecule has 1 amide bonds. The maximum atomic E-state index is 12.4. The number of anilines is 2. The van der Waals surface area contributed by atoms with Crippen LogP contribution < -0.4 is 10.6 Å². The van der Waals surface area contributed by atoms with Gasteiger partial charge in [0.1, 0.15) is 5.60 Å². The number of ether oxygens (including phenoxy) is 1. The van der Waals surface area contributed by atoms with Gasteiger partial charge in [-0.05, 0) is 58.9 Å². The summed E-state index contributed by atoms with van der Waals surface area (Å²) in [5.74, 6) is 0. The molecule has 0 aromatic heterocycles. The maximum absolute atomic E-state index is 12.4. The van der Waals surface area contributed by atoms with Crippen LogP contribution in [0, 0.1) is 0 Å². The molecule has 1 saturated heterocycles. The highest BCUT2D eigenvalue weighted by atomic mass is 16.6. The van der Waals surface area contributed by atoms with E-state index in [9.17, 15) is 4.79 Å². The lowest BCUT2D eigenvalue weighted by Gasteiger charge is -2.45. The molecule has 5 heteroatoms. The van der Waals surface area contributed by atoms with Crippen LogP contribution in [0.5, 0.6) is 0 Å². The van der Waals surface area contributed by atoms with Gasteiger partial charge in [0.25, 0.3) is 0 Å². The number of nitrogen functional groups attached to an aromatic ring is 1. The molecule has 2 atom stereocenters. The van der Waals surface area contributed by atoms with Gasteiger partial charge in [-0.25, -0.2) is 4.79 Å². The van der Waals surface area contributed by atoms with Crippen LogP contribution >= 0.6 is 0 Å². The highest BCUT2D eigenvalue weighted by Gasteiger charge is 2.35. The van der Waals surface area contributed by atoms with E-state index in [4.69, 9.17) is 10.5 Å². The van der Waals surface area contributed by atoms with Crippen LogP contribution in [0.1, 0.15) is 34.6 Å². The first kappa shape index (κ1) is 16.5. The molecule has 0 spiro atoms. The summed E-state index contributed by atoms with van der Waals surface area (Å²) in [4.78, 5) is 16.5. The SMILES string of the molecule is CC1CN(c2ccc(N)cc2)CC(C)N1C(=O)OC(C)(C)C. The normalized spacial score (nSPS) is 22.6. The van der Waals surface area contributed by atoms with Crippen LogP contribution in [0.4, 0.5) is 16.2 Å². The summed E-state index contributed by atoms with van der Waals surface area (Å²) in [6.45, 7) is 11.4. The minimum Gasteiger partial charge on any atom is -0.444 e. The number of amides is 1. The van der Waals surface area contributed by atoms with Gasteiger partial charge in [0.15, 0.2) is 0 Å². The second-order valence-electron chi connectivity index (χ2n) is 7.08. The topological polar surface area (TPSA) is 58.8 Å². The van der Waals surface area contributed by atoms with E-state index in [-0.39, 0.29) is 18.2 Å². The number of benzene rings is 1. The predicted octanol–water partition coefficient (Wildman–Crippen LogP) is 3.10. The Morgan fingerprint density at radius 2 is 1.64 bits per heavy atom. The van der Waals surface area contributed by atoms with Gasteiger partial charge in [-0.3, -0.25) is 4.90 Å². The molecule has 1 aromatic carbocycles. The van der Waals surface area contributed by atoms with Crippen LogP contribution in [-0.2, 0) is 4.74 Å². The van der Waals surface area contributed by atoms with Crippen molar-refractivity contribution >= 4 is 17.5 Å². The molecular weight excluding hydrogens is 278 g/mol. The fourth-order valence-electron chi connectivity index (χ4n) is 2.89. The minimum absolute atomic E-state index is 0.0937. The summed E-state index contributed by atoms with van der Waals surface area (Å²) in [5, 5.41) is 0. The van der Waals surface area contributed by atoms with E-state index in [1.807, 2.05) is 49.9 Å². The molecule has 0 aliphatic carbocycles. The zero-order valence-electron chi connectivity index (χ0n) is 14.2. The summed E-state index contributed by atoms with van der Waals surface area (Å²) in [6, 6.07) is 8.05. The number of carbonyl (C=O) groups excluding carboxylic acids is 1. The molecule has 1 heterocycles. The van der Waals surface area contributed by atoms with Gasteiger partial charge in [-0.2, -0.15) is 0 Å². The summed E-state index contributed by atoms with van der Waals surface area (Å²) in [5.41, 5.74) is 7.17. The third-order valence-corrected chi connectivity index (χ3v) is 3.78. The van der Waals surface area contributed by atoms with Crippen molar-refractivity contribution in [3.05, 3.63) is 24.3 Å².